The molecule has 6 nitrogen and oxygen atoms in total. The number of carboxylic acid groups (broad SMARTS) is 1. The molecule has 2 amide bonds. The number of urea groups is 1. The maximum Gasteiger partial charge on any atom is 0.334 e. The summed E-state index contributed by atoms with van der Waals surface area (Å²) in [5.74, 6) is -0.562. The molecule has 19 heavy (non-hydrogen) atoms. The minimum Gasteiger partial charge on any atom is -0.479 e. The van der Waals surface area contributed by atoms with Crippen LogP contribution in [0, 0.1) is 5.92 Å². The van der Waals surface area contributed by atoms with Crippen LogP contribution in [0.2, 0.25) is 0 Å². The molecule has 110 valence electrons. The molecule has 1 fully saturated rings. The van der Waals surface area contributed by atoms with Gasteiger partial charge < -0.3 is 20.4 Å². The van der Waals surface area contributed by atoms with Gasteiger partial charge in [-0.15, -0.1) is 0 Å². The fourth-order valence-corrected chi connectivity index (χ4v) is 2.50. The van der Waals surface area contributed by atoms with Gasteiger partial charge in [-0.05, 0) is 31.6 Å². The molecule has 0 aromatic heterocycles. The molecule has 0 aromatic carbocycles. The van der Waals surface area contributed by atoms with Crippen LogP contribution in [0.1, 0.15) is 39.0 Å². The number of carbonyl (C=O) groups excluding carboxylic acids is 1. The predicted molar refractivity (Wildman–Crippen MR) is 70.8 cm³/mol. The Hall–Kier alpha value is -1.30. The van der Waals surface area contributed by atoms with Crippen LogP contribution in [0.4, 0.5) is 4.79 Å². The predicted octanol–water partition coefficient (Wildman–Crippen LogP) is 1.04. The van der Waals surface area contributed by atoms with Gasteiger partial charge in [0.2, 0.25) is 0 Å². The first-order valence-electron chi connectivity index (χ1n) is 6.87. The molecule has 0 radical (unpaired) electrons. The van der Waals surface area contributed by atoms with Crippen LogP contribution in [-0.4, -0.2) is 52.9 Å². The summed E-state index contributed by atoms with van der Waals surface area (Å²) in [6.07, 6.45) is 3.89. The van der Waals surface area contributed by atoms with Crippen molar-refractivity contribution in [3.8, 4) is 0 Å². The average molecular weight is 272 g/mol. The van der Waals surface area contributed by atoms with Gasteiger partial charge in [-0.2, -0.15) is 0 Å². The Morgan fingerprint density at radius 3 is 2.37 bits per heavy atom. The molecular weight excluding hydrogens is 248 g/mol. The molecule has 3 N–H and O–H groups in total. The lowest BCUT2D eigenvalue weighted by molar-refractivity contribution is -0.146. The van der Waals surface area contributed by atoms with Gasteiger partial charge >= 0.3 is 12.0 Å². The molecular formula is C13H24N2O4. The van der Waals surface area contributed by atoms with Gasteiger partial charge in [0.05, 0.1) is 6.54 Å². The number of rotatable bonds is 5. The van der Waals surface area contributed by atoms with Crippen molar-refractivity contribution < 1.29 is 19.8 Å². The lowest BCUT2D eigenvalue weighted by Crippen LogP contribution is -2.47. The van der Waals surface area contributed by atoms with Gasteiger partial charge in [0.15, 0.2) is 6.10 Å². The fraction of sp³-hybridized carbons (Fsp3) is 0.846. The quantitative estimate of drug-likeness (QED) is 0.697. The van der Waals surface area contributed by atoms with E-state index in [1.807, 2.05) is 0 Å². The van der Waals surface area contributed by atoms with Crippen molar-refractivity contribution in [2.24, 2.45) is 5.92 Å². The molecule has 1 aliphatic carbocycles. The second-order valence-corrected chi connectivity index (χ2v) is 5.23. The highest BCUT2D eigenvalue weighted by Crippen LogP contribution is 2.28. The summed E-state index contributed by atoms with van der Waals surface area (Å²) in [5.41, 5.74) is 0. The highest BCUT2D eigenvalue weighted by atomic mass is 16.4. The minimum absolute atomic E-state index is 0.213. The van der Waals surface area contributed by atoms with Crippen molar-refractivity contribution in [1.82, 2.24) is 10.2 Å². The molecule has 6 heteroatoms. The Kier molecular flexibility index (Phi) is 6.08. The van der Waals surface area contributed by atoms with Crippen LogP contribution in [0.3, 0.4) is 0 Å². The zero-order valence-electron chi connectivity index (χ0n) is 11.6. The van der Waals surface area contributed by atoms with E-state index in [1.54, 1.807) is 11.9 Å². The summed E-state index contributed by atoms with van der Waals surface area (Å²) in [4.78, 5) is 23.9. The number of carbonyl (C=O) groups is 2. The van der Waals surface area contributed by atoms with E-state index in [4.69, 9.17) is 10.2 Å². The lowest BCUT2D eigenvalue weighted by atomic mass is 9.84. The largest absolute Gasteiger partial charge is 0.479 e. The summed E-state index contributed by atoms with van der Waals surface area (Å²) < 4.78 is 0. The Labute approximate surface area is 113 Å². The van der Waals surface area contributed by atoms with Gasteiger partial charge in [0, 0.05) is 13.1 Å². The van der Waals surface area contributed by atoms with Gasteiger partial charge in [-0.1, -0.05) is 13.3 Å². The zero-order valence-corrected chi connectivity index (χ0v) is 11.6. The molecule has 0 bridgehead atoms. The van der Waals surface area contributed by atoms with E-state index in [1.165, 1.54) is 6.42 Å². The smallest absolute Gasteiger partial charge is 0.334 e. The molecule has 0 saturated heterocycles. The number of nitrogens with one attached hydrogen (secondary N) is 1. The van der Waals surface area contributed by atoms with E-state index in [2.05, 4.69) is 12.2 Å². The normalized spacial score (nSPS) is 24.6. The van der Waals surface area contributed by atoms with Crippen LogP contribution < -0.4 is 5.32 Å². The molecule has 0 aromatic rings. The first-order chi connectivity index (χ1) is 8.95. The second-order valence-electron chi connectivity index (χ2n) is 5.23. The summed E-state index contributed by atoms with van der Waals surface area (Å²) in [6.45, 7) is 1.93. The van der Waals surface area contributed by atoms with Gasteiger partial charge in [-0.3, -0.25) is 0 Å². The van der Waals surface area contributed by atoms with E-state index >= 15 is 0 Å². The van der Waals surface area contributed by atoms with Crippen molar-refractivity contribution in [3.05, 3.63) is 0 Å². The average Bonchev–Trinajstić information content (AvgIpc) is 2.43. The lowest BCUT2D eigenvalue weighted by Gasteiger charge is -2.34. The van der Waals surface area contributed by atoms with E-state index in [0.717, 1.165) is 31.6 Å². The summed E-state index contributed by atoms with van der Waals surface area (Å²) >= 11 is 0. The topological polar surface area (TPSA) is 89.9 Å². The maximum atomic E-state index is 11.8. The Morgan fingerprint density at radius 1 is 1.32 bits per heavy atom. The molecule has 1 unspecified atom stereocenters. The van der Waals surface area contributed by atoms with Crippen molar-refractivity contribution in [1.29, 1.82) is 0 Å². The second kappa shape index (κ2) is 7.33. The first kappa shape index (κ1) is 15.8. The zero-order chi connectivity index (χ0) is 14.4. The van der Waals surface area contributed by atoms with Crippen LogP contribution in [0.25, 0.3) is 0 Å². The summed E-state index contributed by atoms with van der Waals surface area (Å²) in [5, 5.41) is 20.1. The molecule has 0 aliphatic heterocycles. The number of aliphatic carboxylic acids is 1. The highest BCUT2D eigenvalue weighted by molar-refractivity contribution is 5.76. The van der Waals surface area contributed by atoms with Crippen LogP contribution >= 0.6 is 0 Å². The summed E-state index contributed by atoms with van der Waals surface area (Å²) in [7, 11) is 1.72. The minimum atomic E-state index is -1.55. The summed E-state index contributed by atoms with van der Waals surface area (Å²) in [6, 6.07) is -0.106. The molecule has 1 atom stereocenters. The van der Waals surface area contributed by atoms with Gasteiger partial charge in [0.1, 0.15) is 0 Å². The third-order valence-electron chi connectivity index (χ3n) is 3.99. The maximum absolute atomic E-state index is 11.8. The number of hydrogen-bond acceptors (Lipinski definition) is 3. The SMILES string of the molecule is CCC1CCC(N(C)C(=O)NCC(O)C(=O)O)CC1. The molecule has 1 aliphatic rings. The first-order valence-corrected chi connectivity index (χ1v) is 6.87. The standard InChI is InChI=1S/C13H24N2O4/c1-3-9-4-6-10(7-5-9)15(2)13(19)14-8-11(16)12(17)18/h9-11,16H,3-8H2,1-2H3,(H,14,19)(H,17,18). The fourth-order valence-electron chi connectivity index (χ4n) is 2.50. The number of carboxylic acids is 1. The van der Waals surface area contributed by atoms with E-state index in [0.29, 0.717) is 0 Å². The van der Waals surface area contributed by atoms with Gasteiger partial charge in [-0.25, -0.2) is 9.59 Å². The van der Waals surface area contributed by atoms with E-state index in [9.17, 15) is 9.59 Å². The van der Waals surface area contributed by atoms with Crippen LogP contribution in [0.15, 0.2) is 0 Å². The monoisotopic (exact) mass is 272 g/mol. The van der Waals surface area contributed by atoms with Crippen LogP contribution in [0.5, 0.6) is 0 Å². The number of aliphatic hydroxyl groups excluding tert-OH is 1. The molecule has 1 saturated carbocycles. The number of nitrogens with zero attached hydrogens (tertiary/aromatic N) is 1. The van der Waals surface area contributed by atoms with Crippen molar-refractivity contribution in [2.75, 3.05) is 13.6 Å². The van der Waals surface area contributed by atoms with E-state index < -0.39 is 12.1 Å². The Bertz CT molecular complexity index is 314. The third kappa shape index (κ3) is 4.70. The van der Waals surface area contributed by atoms with Crippen molar-refractivity contribution in [3.63, 3.8) is 0 Å². The molecule has 0 spiro atoms. The molecule has 1 rings (SSSR count). The van der Waals surface area contributed by atoms with Crippen molar-refractivity contribution >= 4 is 12.0 Å². The van der Waals surface area contributed by atoms with E-state index in [-0.39, 0.29) is 18.6 Å². The Morgan fingerprint density at radius 2 is 1.89 bits per heavy atom. The highest BCUT2D eigenvalue weighted by Gasteiger charge is 2.26. The number of aliphatic hydroxyl groups is 1. The molecule has 0 heterocycles. The number of amides is 2. The number of hydrogen-bond donors (Lipinski definition) is 3. The third-order valence-corrected chi connectivity index (χ3v) is 3.99. The van der Waals surface area contributed by atoms with Gasteiger partial charge in [0.25, 0.3) is 0 Å². The Balaban J connectivity index is 2.34. The van der Waals surface area contributed by atoms with Crippen molar-refractivity contribution in [2.45, 2.75) is 51.2 Å². The van der Waals surface area contributed by atoms with Crippen LogP contribution in [-0.2, 0) is 4.79 Å².